The van der Waals surface area contributed by atoms with Crippen molar-refractivity contribution in [2.24, 2.45) is 0 Å². The molecular weight excluding hydrogens is 292 g/mol. The smallest absolute Gasteiger partial charge is 0.0602 e. The molecule has 0 saturated carbocycles. The lowest BCUT2D eigenvalue weighted by molar-refractivity contribution is 0.113. The average molecular weight is 318 g/mol. The lowest BCUT2D eigenvalue weighted by atomic mass is 9.96. The molecule has 22 heavy (non-hydrogen) atoms. The molecule has 2 aromatic rings. The van der Waals surface area contributed by atoms with Crippen LogP contribution in [0.5, 0.6) is 0 Å². The molecule has 1 fully saturated rings. The quantitative estimate of drug-likeness (QED) is 0.839. The molecule has 1 aliphatic rings. The zero-order valence-electron chi connectivity index (χ0n) is 15.6. The van der Waals surface area contributed by atoms with E-state index in [2.05, 4.69) is 41.3 Å². The minimum Gasteiger partial charge on any atom is -0.301 e. The fraction of sp³-hybridized carbons (Fsp3) is 0.368. The van der Waals surface area contributed by atoms with E-state index >= 15 is 0 Å². The van der Waals surface area contributed by atoms with Crippen LogP contribution in [-0.2, 0) is 0 Å². The third-order valence-electron chi connectivity index (χ3n) is 4.30. The number of rotatable bonds is 4. The summed E-state index contributed by atoms with van der Waals surface area (Å²) in [7, 11) is 0. The number of likely N-dealkylation sites (N-methyl/N-ethyl adjacent to an activating group) is 1. The summed E-state index contributed by atoms with van der Waals surface area (Å²) in [6, 6.07) is 18.6. The van der Waals surface area contributed by atoms with Crippen molar-refractivity contribution in [2.45, 2.75) is 12.9 Å². The van der Waals surface area contributed by atoms with Crippen LogP contribution in [0.2, 0.25) is 5.02 Å². The van der Waals surface area contributed by atoms with Crippen molar-refractivity contribution in [3.8, 4) is 0 Å². The van der Waals surface area contributed by atoms with E-state index in [0.717, 1.165) is 31.2 Å². The van der Waals surface area contributed by atoms with E-state index in [1.807, 2.05) is 23.1 Å². The minimum absolute atomic E-state index is 0.161. The van der Waals surface area contributed by atoms with Gasteiger partial charge in [-0.15, -0.1) is 0 Å². The van der Waals surface area contributed by atoms with Gasteiger partial charge in [-0.25, -0.2) is 0 Å². The van der Waals surface area contributed by atoms with Crippen LogP contribution in [0.4, 0.5) is 0 Å². The summed E-state index contributed by atoms with van der Waals surface area (Å²) < 4.78 is 22.4. The molecule has 1 aliphatic heterocycles. The SMILES string of the molecule is [2H]C([2H])([2H])CN1CCN([C@@H](c2ccccc2)c2ccc(Cl)cc2)CC1. The molecule has 0 aromatic heterocycles. The van der Waals surface area contributed by atoms with Gasteiger partial charge < -0.3 is 4.90 Å². The Hall–Kier alpha value is -1.35. The predicted octanol–water partition coefficient (Wildman–Crippen LogP) is 4.07. The highest BCUT2D eigenvalue weighted by Gasteiger charge is 2.25. The Bertz CT molecular complexity index is 665. The second-order valence-electron chi connectivity index (χ2n) is 5.68. The molecule has 0 unspecified atom stereocenters. The Kier molecular flexibility index (Phi) is 4.01. The van der Waals surface area contributed by atoms with Crippen LogP contribution in [0, 0.1) is 0 Å². The third kappa shape index (κ3) is 3.52. The highest BCUT2D eigenvalue weighted by molar-refractivity contribution is 6.30. The standard InChI is InChI=1S/C19H23ClN2/c1-2-21-12-14-22(15-13-21)19(16-6-4-3-5-7-16)17-8-10-18(20)11-9-17/h3-11,19H,2,12-15H2,1H3/t19-/m0/s1/i1D3. The molecule has 1 heterocycles. The topological polar surface area (TPSA) is 6.48 Å². The molecule has 116 valence electrons. The van der Waals surface area contributed by atoms with Crippen LogP contribution < -0.4 is 0 Å². The van der Waals surface area contributed by atoms with Crippen LogP contribution in [0.3, 0.4) is 0 Å². The summed E-state index contributed by atoms with van der Waals surface area (Å²) in [4.78, 5) is 4.46. The number of hydrogen-bond acceptors (Lipinski definition) is 2. The summed E-state index contributed by atoms with van der Waals surface area (Å²) in [6.07, 6.45) is 0. The molecule has 0 bridgehead atoms. The average Bonchev–Trinajstić information content (AvgIpc) is 2.58. The first-order chi connectivity index (χ1) is 11.9. The largest absolute Gasteiger partial charge is 0.301 e. The van der Waals surface area contributed by atoms with E-state index in [1.165, 1.54) is 11.1 Å². The fourth-order valence-corrected chi connectivity index (χ4v) is 3.20. The Balaban J connectivity index is 1.78. The monoisotopic (exact) mass is 317 g/mol. The molecule has 1 atom stereocenters. The first kappa shape index (κ1) is 12.1. The molecule has 0 radical (unpaired) electrons. The van der Waals surface area contributed by atoms with E-state index < -0.39 is 6.85 Å². The molecule has 2 nitrogen and oxygen atoms in total. The van der Waals surface area contributed by atoms with Crippen molar-refractivity contribution in [1.29, 1.82) is 0 Å². The maximum absolute atomic E-state index is 7.46. The third-order valence-corrected chi connectivity index (χ3v) is 4.55. The van der Waals surface area contributed by atoms with Crippen LogP contribution in [0.25, 0.3) is 0 Å². The van der Waals surface area contributed by atoms with Gasteiger partial charge in [-0.05, 0) is 29.8 Å². The summed E-state index contributed by atoms with van der Waals surface area (Å²) in [6.45, 7) is 1.51. The van der Waals surface area contributed by atoms with Gasteiger partial charge in [-0.2, -0.15) is 0 Å². The summed E-state index contributed by atoms with van der Waals surface area (Å²) >= 11 is 6.06. The Morgan fingerprint density at radius 3 is 2.23 bits per heavy atom. The lowest BCUT2D eigenvalue weighted by Gasteiger charge is -2.39. The van der Waals surface area contributed by atoms with Crippen LogP contribution >= 0.6 is 11.6 Å². The molecule has 3 rings (SSSR count). The van der Waals surface area contributed by atoms with Crippen molar-refractivity contribution in [2.75, 3.05) is 32.7 Å². The summed E-state index contributed by atoms with van der Waals surface area (Å²) in [5.74, 6) is 0. The maximum Gasteiger partial charge on any atom is 0.0602 e. The van der Waals surface area contributed by atoms with Gasteiger partial charge in [-0.1, -0.05) is 60.9 Å². The van der Waals surface area contributed by atoms with Crippen molar-refractivity contribution < 1.29 is 4.11 Å². The Morgan fingerprint density at radius 2 is 1.59 bits per heavy atom. The number of halogens is 1. The van der Waals surface area contributed by atoms with E-state index in [-0.39, 0.29) is 12.6 Å². The molecule has 1 saturated heterocycles. The first-order valence-corrected chi connectivity index (χ1v) is 8.07. The normalized spacial score (nSPS) is 20.9. The Labute approximate surface area is 142 Å². The minimum atomic E-state index is -1.89. The van der Waals surface area contributed by atoms with Crippen LogP contribution in [0.15, 0.2) is 54.6 Å². The van der Waals surface area contributed by atoms with Crippen molar-refractivity contribution >= 4 is 11.6 Å². The molecule has 0 aliphatic carbocycles. The predicted molar refractivity (Wildman–Crippen MR) is 93.4 cm³/mol. The summed E-state index contributed by atoms with van der Waals surface area (Å²) in [5, 5.41) is 0.734. The second kappa shape index (κ2) is 7.28. The second-order valence-corrected chi connectivity index (χ2v) is 6.11. The Morgan fingerprint density at radius 1 is 0.955 bits per heavy atom. The molecule has 0 N–H and O–H groups in total. The molecule has 0 amide bonds. The van der Waals surface area contributed by atoms with Gasteiger partial charge in [0.1, 0.15) is 0 Å². The van der Waals surface area contributed by atoms with Crippen molar-refractivity contribution in [3.63, 3.8) is 0 Å². The molecule has 0 spiro atoms. The zero-order chi connectivity index (χ0) is 17.9. The highest BCUT2D eigenvalue weighted by Crippen LogP contribution is 2.30. The fourth-order valence-electron chi connectivity index (χ4n) is 3.07. The van der Waals surface area contributed by atoms with E-state index in [9.17, 15) is 0 Å². The van der Waals surface area contributed by atoms with Crippen LogP contribution in [0.1, 0.15) is 28.1 Å². The van der Waals surface area contributed by atoms with Gasteiger partial charge in [0.15, 0.2) is 0 Å². The number of nitrogens with zero attached hydrogens (tertiary/aromatic N) is 2. The summed E-state index contributed by atoms with van der Waals surface area (Å²) in [5.41, 5.74) is 2.45. The van der Waals surface area contributed by atoms with Gasteiger partial charge in [0.05, 0.1) is 6.04 Å². The number of piperazine rings is 1. The maximum atomic E-state index is 7.46. The zero-order valence-corrected chi connectivity index (χ0v) is 13.3. The number of benzene rings is 2. The van der Waals surface area contributed by atoms with E-state index in [4.69, 9.17) is 15.7 Å². The molecular formula is C19H23ClN2. The van der Waals surface area contributed by atoms with Gasteiger partial charge in [0, 0.05) is 35.3 Å². The molecule has 3 heteroatoms. The van der Waals surface area contributed by atoms with Crippen LogP contribution in [-0.4, -0.2) is 42.5 Å². The van der Waals surface area contributed by atoms with Crippen molar-refractivity contribution in [3.05, 3.63) is 70.7 Å². The van der Waals surface area contributed by atoms with Crippen molar-refractivity contribution in [1.82, 2.24) is 9.80 Å². The molecule has 2 aromatic carbocycles. The van der Waals surface area contributed by atoms with Gasteiger partial charge in [0.25, 0.3) is 0 Å². The lowest BCUT2D eigenvalue weighted by Crippen LogP contribution is -2.47. The highest BCUT2D eigenvalue weighted by atomic mass is 35.5. The van der Waals surface area contributed by atoms with Gasteiger partial charge >= 0.3 is 0 Å². The van der Waals surface area contributed by atoms with E-state index in [0.29, 0.717) is 0 Å². The first-order valence-electron chi connectivity index (χ1n) is 9.19. The van der Waals surface area contributed by atoms with Gasteiger partial charge in [0.2, 0.25) is 0 Å². The van der Waals surface area contributed by atoms with Gasteiger partial charge in [-0.3, -0.25) is 4.90 Å². The number of hydrogen-bond donors (Lipinski definition) is 0. The van der Waals surface area contributed by atoms with E-state index in [1.54, 1.807) is 0 Å².